The highest BCUT2D eigenvalue weighted by Gasteiger charge is 2.30. The first-order valence-corrected chi connectivity index (χ1v) is 5.75. The molecule has 2 atom stereocenters. The van der Waals surface area contributed by atoms with Crippen LogP contribution < -0.4 is 5.73 Å². The number of aromatic nitrogens is 2. The van der Waals surface area contributed by atoms with E-state index in [9.17, 15) is 4.79 Å². The second-order valence-electron chi connectivity index (χ2n) is 4.31. The second-order valence-corrected chi connectivity index (χ2v) is 4.31. The summed E-state index contributed by atoms with van der Waals surface area (Å²) >= 11 is 0. The van der Waals surface area contributed by atoms with Crippen molar-refractivity contribution in [3.8, 4) is 0 Å². The fourth-order valence-corrected chi connectivity index (χ4v) is 2.20. The summed E-state index contributed by atoms with van der Waals surface area (Å²) in [7, 11) is 0. The number of hydrogen-bond acceptors (Lipinski definition) is 3. The third-order valence-electron chi connectivity index (χ3n) is 3.01. The zero-order valence-electron chi connectivity index (χ0n) is 9.52. The number of nitrogens with two attached hydrogens (primary N) is 1. The van der Waals surface area contributed by atoms with Gasteiger partial charge in [-0.25, -0.2) is 4.98 Å². The molecule has 0 spiro atoms. The molecular formula is C11H18N4O. The van der Waals surface area contributed by atoms with E-state index in [2.05, 4.69) is 9.97 Å². The predicted octanol–water partition coefficient (Wildman–Crippen LogP) is 0.810. The zero-order valence-corrected chi connectivity index (χ0v) is 9.52. The standard InChI is InChI=1S/C11H18N4O/c1-8(12)11(16)15-7-3-2-4-9(15)10-13-5-6-14-10/h5-6,8-9H,2-4,7,12H2,1H3,(H,13,14)/t8-,9?/m1/s1. The van der Waals surface area contributed by atoms with E-state index in [1.165, 1.54) is 0 Å². The first-order valence-electron chi connectivity index (χ1n) is 5.75. The molecule has 88 valence electrons. The van der Waals surface area contributed by atoms with Gasteiger partial charge in [0.15, 0.2) is 0 Å². The highest BCUT2D eigenvalue weighted by atomic mass is 16.2. The Morgan fingerprint density at radius 3 is 3.12 bits per heavy atom. The number of H-pyrrole nitrogens is 1. The van der Waals surface area contributed by atoms with Crippen molar-refractivity contribution in [1.29, 1.82) is 0 Å². The van der Waals surface area contributed by atoms with Crippen LogP contribution in [-0.2, 0) is 4.79 Å². The summed E-state index contributed by atoms with van der Waals surface area (Å²) in [5.41, 5.74) is 5.66. The minimum atomic E-state index is -0.435. The highest BCUT2D eigenvalue weighted by molar-refractivity contribution is 5.81. The summed E-state index contributed by atoms with van der Waals surface area (Å²) in [4.78, 5) is 21.1. The number of piperidine rings is 1. The molecule has 2 heterocycles. The number of carbonyl (C=O) groups excluding carboxylic acids is 1. The molecule has 1 saturated heterocycles. The fraction of sp³-hybridized carbons (Fsp3) is 0.636. The van der Waals surface area contributed by atoms with Gasteiger partial charge in [-0.1, -0.05) is 0 Å². The highest BCUT2D eigenvalue weighted by Crippen LogP contribution is 2.28. The molecule has 1 aromatic heterocycles. The number of amides is 1. The fourth-order valence-electron chi connectivity index (χ4n) is 2.20. The van der Waals surface area contributed by atoms with Crippen molar-refractivity contribution in [1.82, 2.24) is 14.9 Å². The number of hydrogen-bond donors (Lipinski definition) is 2. The van der Waals surface area contributed by atoms with Crippen LogP contribution in [0.15, 0.2) is 12.4 Å². The molecule has 5 nitrogen and oxygen atoms in total. The Balaban J connectivity index is 2.17. The average Bonchev–Trinajstić information content (AvgIpc) is 2.81. The van der Waals surface area contributed by atoms with E-state index in [0.29, 0.717) is 0 Å². The van der Waals surface area contributed by atoms with Gasteiger partial charge in [-0.15, -0.1) is 0 Å². The minimum Gasteiger partial charge on any atom is -0.347 e. The van der Waals surface area contributed by atoms with Gasteiger partial charge in [0, 0.05) is 18.9 Å². The van der Waals surface area contributed by atoms with Crippen LogP contribution in [0.1, 0.15) is 38.1 Å². The molecule has 1 aliphatic heterocycles. The van der Waals surface area contributed by atoms with E-state index >= 15 is 0 Å². The molecule has 0 aromatic carbocycles. The molecule has 2 rings (SSSR count). The largest absolute Gasteiger partial charge is 0.347 e. The Morgan fingerprint density at radius 1 is 1.69 bits per heavy atom. The molecule has 0 radical (unpaired) electrons. The Bertz CT molecular complexity index is 347. The van der Waals surface area contributed by atoms with Gasteiger partial charge in [0.2, 0.25) is 5.91 Å². The summed E-state index contributed by atoms with van der Waals surface area (Å²) in [5.74, 6) is 0.884. The molecule has 16 heavy (non-hydrogen) atoms. The van der Waals surface area contributed by atoms with Crippen LogP contribution in [0.5, 0.6) is 0 Å². The summed E-state index contributed by atoms with van der Waals surface area (Å²) < 4.78 is 0. The average molecular weight is 222 g/mol. The molecule has 1 fully saturated rings. The Morgan fingerprint density at radius 2 is 2.50 bits per heavy atom. The lowest BCUT2D eigenvalue weighted by Gasteiger charge is -2.35. The smallest absolute Gasteiger partial charge is 0.239 e. The maximum absolute atomic E-state index is 12.0. The monoisotopic (exact) mass is 222 g/mol. The molecule has 3 N–H and O–H groups in total. The van der Waals surface area contributed by atoms with Crippen molar-refractivity contribution in [2.75, 3.05) is 6.54 Å². The van der Waals surface area contributed by atoms with Gasteiger partial charge in [0.05, 0.1) is 12.1 Å². The third kappa shape index (κ3) is 2.09. The van der Waals surface area contributed by atoms with Crippen LogP contribution >= 0.6 is 0 Å². The van der Waals surface area contributed by atoms with E-state index in [1.807, 2.05) is 4.90 Å². The first kappa shape index (κ1) is 11.1. The molecule has 5 heteroatoms. The molecule has 0 bridgehead atoms. The zero-order chi connectivity index (χ0) is 11.5. The van der Waals surface area contributed by atoms with Crippen molar-refractivity contribution in [3.05, 3.63) is 18.2 Å². The molecule has 1 aliphatic rings. The van der Waals surface area contributed by atoms with Crippen molar-refractivity contribution in [2.24, 2.45) is 5.73 Å². The lowest BCUT2D eigenvalue weighted by Crippen LogP contribution is -2.46. The molecule has 0 saturated carbocycles. The van der Waals surface area contributed by atoms with E-state index in [1.54, 1.807) is 19.3 Å². The number of aromatic amines is 1. The van der Waals surface area contributed by atoms with Gasteiger partial charge in [-0.3, -0.25) is 4.79 Å². The normalized spacial score (nSPS) is 23.1. The molecular weight excluding hydrogens is 204 g/mol. The number of likely N-dealkylation sites (tertiary alicyclic amines) is 1. The third-order valence-corrected chi connectivity index (χ3v) is 3.01. The van der Waals surface area contributed by atoms with Crippen LogP contribution in [0.3, 0.4) is 0 Å². The van der Waals surface area contributed by atoms with Crippen molar-refractivity contribution >= 4 is 5.91 Å². The lowest BCUT2D eigenvalue weighted by atomic mass is 10.0. The molecule has 1 unspecified atom stereocenters. The molecule has 0 aliphatic carbocycles. The predicted molar refractivity (Wildman–Crippen MR) is 60.5 cm³/mol. The van der Waals surface area contributed by atoms with Gasteiger partial charge < -0.3 is 15.6 Å². The summed E-state index contributed by atoms with van der Waals surface area (Å²) in [6, 6.07) is -0.363. The second kappa shape index (κ2) is 4.65. The topological polar surface area (TPSA) is 75.0 Å². The van der Waals surface area contributed by atoms with Crippen molar-refractivity contribution < 1.29 is 4.79 Å². The van der Waals surface area contributed by atoms with Crippen molar-refractivity contribution in [3.63, 3.8) is 0 Å². The number of nitrogens with one attached hydrogen (secondary N) is 1. The van der Waals surface area contributed by atoms with Crippen LogP contribution in [0.2, 0.25) is 0 Å². The van der Waals surface area contributed by atoms with Crippen LogP contribution in [0.4, 0.5) is 0 Å². The maximum atomic E-state index is 12.0. The minimum absolute atomic E-state index is 0.0149. The summed E-state index contributed by atoms with van der Waals surface area (Å²) in [6.07, 6.45) is 6.66. The molecule has 1 aromatic rings. The number of carbonyl (C=O) groups is 1. The van der Waals surface area contributed by atoms with E-state index in [4.69, 9.17) is 5.73 Å². The van der Waals surface area contributed by atoms with Crippen LogP contribution in [0, 0.1) is 0 Å². The summed E-state index contributed by atoms with van der Waals surface area (Å²) in [6.45, 7) is 2.52. The van der Waals surface area contributed by atoms with Gasteiger partial charge in [-0.05, 0) is 26.2 Å². The van der Waals surface area contributed by atoms with E-state index in [-0.39, 0.29) is 11.9 Å². The Hall–Kier alpha value is -1.36. The number of imidazole rings is 1. The Kier molecular flexibility index (Phi) is 3.24. The Labute approximate surface area is 95.0 Å². The van der Waals surface area contributed by atoms with Crippen LogP contribution in [-0.4, -0.2) is 33.4 Å². The number of rotatable bonds is 2. The van der Waals surface area contributed by atoms with Gasteiger partial charge >= 0.3 is 0 Å². The van der Waals surface area contributed by atoms with Crippen molar-refractivity contribution in [2.45, 2.75) is 38.3 Å². The number of nitrogens with zero attached hydrogens (tertiary/aromatic N) is 2. The van der Waals surface area contributed by atoms with Gasteiger partial charge in [-0.2, -0.15) is 0 Å². The lowest BCUT2D eigenvalue weighted by molar-refractivity contribution is -0.136. The van der Waals surface area contributed by atoms with Gasteiger partial charge in [0.25, 0.3) is 0 Å². The quantitative estimate of drug-likeness (QED) is 0.777. The van der Waals surface area contributed by atoms with E-state index < -0.39 is 6.04 Å². The molecule has 1 amide bonds. The first-order chi connectivity index (χ1) is 7.70. The van der Waals surface area contributed by atoms with Crippen LogP contribution in [0.25, 0.3) is 0 Å². The van der Waals surface area contributed by atoms with Gasteiger partial charge in [0.1, 0.15) is 5.82 Å². The maximum Gasteiger partial charge on any atom is 0.239 e. The summed E-state index contributed by atoms with van der Waals surface area (Å²) in [5, 5.41) is 0. The van der Waals surface area contributed by atoms with E-state index in [0.717, 1.165) is 31.6 Å². The SMILES string of the molecule is C[C@@H](N)C(=O)N1CCCCC1c1ncc[nH]1.